The maximum atomic E-state index is 13.5. The minimum atomic E-state index is -1.61. The third-order valence-electron chi connectivity index (χ3n) is 9.21. The number of esters is 2. The van der Waals surface area contributed by atoms with Gasteiger partial charge in [0.25, 0.3) is 0 Å². The van der Waals surface area contributed by atoms with Gasteiger partial charge < -0.3 is 19.7 Å². The molecule has 0 aromatic carbocycles. The molecule has 7 heteroatoms. The molecule has 0 amide bonds. The smallest absolute Gasteiger partial charge is 0.302 e. The van der Waals surface area contributed by atoms with Crippen LogP contribution < -0.4 is 0 Å². The molecule has 0 unspecified atom stereocenters. The minimum Gasteiger partial charge on any atom is -0.462 e. The van der Waals surface area contributed by atoms with Gasteiger partial charge in [0.05, 0.1) is 0 Å². The second-order valence-electron chi connectivity index (χ2n) is 10.6. The Bertz CT molecular complexity index is 765. The van der Waals surface area contributed by atoms with Gasteiger partial charge in [0.1, 0.15) is 23.9 Å². The normalized spacial score (nSPS) is 50.1. The SMILES string of the molecule is CC(=O)O[C@H]1CC[C@]2(C)[C@H]3CC[C@]4(C)[C@@H](OC(C)=O)CC[C@H]4[C@@H]3C(=O)[C@H](O)[C@@]2(O)C1. The van der Waals surface area contributed by atoms with Crippen molar-refractivity contribution in [3.63, 3.8) is 0 Å². The number of carbonyl (C=O) groups is 3. The van der Waals surface area contributed by atoms with E-state index in [9.17, 15) is 24.6 Å². The number of aliphatic hydroxyl groups is 2. The van der Waals surface area contributed by atoms with Crippen molar-refractivity contribution in [2.75, 3.05) is 0 Å². The van der Waals surface area contributed by atoms with Crippen LogP contribution in [-0.4, -0.2) is 51.8 Å². The van der Waals surface area contributed by atoms with Crippen molar-refractivity contribution >= 4 is 17.7 Å². The second kappa shape index (κ2) is 7.02. The van der Waals surface area contributed by atoms with E-state index in [-0.39, 0.29) is 47.4 Å². The Balaban J connectivity index is 1.66. The number of aliphatic hydroxyl groups excluding tert-OH is 1. The Kier molecular flexibility index (Phi) is 5.09. The van der Waals surface area contributed by atoms with Crippen molar-refractivity contribution in [2.24, 2.45) is 28.6 Å². The predicted molar refractivity (Wildman–Crippen MR) is 106 cm³/mol. The quantitative estimate of drug-likeness (QED) is 0.656. The van der Waals surface area contributed by atoms with E-state index in [0.717, 1.165) is 25.7 Å². The summed E-state index contributed by atoms with van der Waals surface area (Å²) < 4.78 is 11.0. The molecule has 4 fully saturated rings. The van der Waals surface area contributed by atoms with E-state index in [0.29, 0.717) is 12.8 Å². The number of fused-ring (bicyclic) bond motifs is 5. The molecule has 0 aliphatic heterocycles. The molecule has 0 aromatic rings. The van der Waals surface area contributed by atoms with Gasteiger partial charge in [-0.15, -0.1) is 0 Å². The van der Waals surface area contributed by atoms with Gasteiger partial charge >= 0.3 is 11.9 Å². The van der Waals surface area contributed by atoms with Gasteiger partial charge in [-0.3, -0.25) is 14.4 Å². The Hall–Kier alpha value is -1.47. The molecule has 0 radical (unpaired) electrons. The zero-order chi connectivity index (χ0) is 22.1. The average molecular weight is 423 g/mol. The summed E-state index contributed by atoms with van der Waals surface area (Å²) in [5.74, 6) is -1.40. The van der Waals surface area contributed by atoms with E-state index in [2.05, 4.69) is 6.92 Å². The summed E-state index contributed by atoms with van der Waals surface area (Å²) in [6.45, 7) is 6.85. The number of Topliss-reactive ketones (excluding diaryl/α,β-unsaturated/α-hetero) is 1. The summed E-state index contributed by atoms with van der Waals surface area (Å²) in [6.07, 6.45) is 2.14. The minimum absolute atomic E-state index is 0.0234. The number of carbonyl (C=O) groups excluding carboxylic acids is 3. The molecular weight excluding hydrogens is 388 g/mol. The Morgan fingerprint density at radius 1 is 0.967 bits per heavy atom. The lowest BCUT2D eigenvalue weighted by atomic mass is 9.42. The van der Waals surface area contributed by atoms with Crippen molar-refractivity contribution in [3.05, 3.63) is 0 Å². The summed E-state index contributed by atoms with van der Waals surface area (Å²) in [6, 6.07) is 0. The highest BCUT2D eigenvalue weighted by molar-refractivity contribution is 5.89. The highest BCUT2D eigenvalue weighted by atomic mass is 16.5. The first-order chi connectivity index (χ1) is 13.9. The molecule has 168 valence electrons. The summed E-state index contributed by atoms with van der Waals surface area (Å²) in [5, 5.41) is 22.7. The summed E-state index contributed by atoms with van der Waals surface area (Å²) >= 11 is 0. The fourth-order valence-corrected chi connectivity index (χ4v) is 7.64. The molecule has 4 aliphatic rings. The number of ether oxygens (including phenoxy) is 2. The van der Waals surface area contributed by atoms with Crippen molar-refractivity contribution in [2.45, 2.75) is 96.6 Å². The van der Waals surface area contributed by atoms with Crippen LogP contribution in [0.3, 0.4) is 0 Å². The first-order valence-corrected chi connectivity index (χ1v) is 11.2. The Morgan fingerprint density at radius 3 is 2.27 bits per heavy atom. The average Bonchev–Trinajstić information content (AvgIpc) is 2.97. The van der Waals surface area contributed by atoms with Gasteiger partial charge in [-0.25, -0.2) is 0 Å². The third kappa shape index (κ3) is 2.88. The lowest BCUT2D eigenvalue weighted by Gasteiger charge is -2.64. The van der Waals surface area contributed by atoms with Gasteiger partial charge in [0, 0.05) is 37.0 Å². The number of hydrogen-bond donors (Lipinski definition) is 2. The van der Waals surface area contributed by atoms with Crippen LogP contribution in [0.2, 0.25) is 0 Å². The van der Waals surface area contributed by atoms with E-state index >= 15 is 0 Å². The number of ketones is 1. The largest absolute Gasteiger partial charge is 0.462 e. The van der Waals surface area contributed by atoms with Gasteiger partial charge in [0.2, 0.25) is 0 Å². The van der Waals surface area contributed by atoms with Crippen LogP contribution in [-0.2, 0) is 23.9 Å². The fourth-order valence-electron chi connectivity index (χ4n) is 7.64. The van der Waals surface area contributed by atoms with Crippen molar-refractivity contribution in [3.8, 4) is 0 Å². The molecular formula is C23H34O7. The fraction of sp³-hybridized carbons (Fsp3) is 0.870. The van der Waals surface area contributed by atoms with Crippen LogP contribution in [0.15, 0.2) is 0 Å². The lowest BCUT2D eigenvalue weighted by Crippen LogP contribution is -2.72. The molecule has 0 bridgehead atoms. The van der Waals surface area contributed by atoms with Crippen molar-refractivity contribution < 1.29 is 34.1 Å². The van der Waals surface area contributed by atoms with Crippen LogP contribution in [0.25, 0.3) is 0 Å². The van der Waals surface area contributed by atoms with Crippen molar-refractivity contribution in [1.82, 2.24) is 0 Å². The van der Waals surface area contributed by atoms with Crippen molar-refractivity contribution in [1.29, 1.82) is 0 Å². The monoisotopic (exact) mass is 422 g/mol. The maximum Gasteiger partial charge on any atom is 0.302 e. The van der Waals surface area contributed by atoms with Crippen LogP contribution in [0.5, 0.6) is 0 Å². The summed E-state index contributed by atoms with van der Waals surface area (Å²) in [4.78, 5) is 36.5. The molecule has 0 saturated heterocycles. The van der Waals surface area contributed by atoms with Crippen LogP contribution >= 0.6 is 0 Å². The molecule has 4 rings (SSSR count). The second-order valence-corrected chi connectivity index (χ2v) is 10.6. The molecule has 0 spiro atoms. The third-order valence-corrected chi connectivity index (χ3v) is 9.21. The molecule has 0 heterocycles. The summed E-state index contributed by atoms with van der Waals surface area (Å²) in [7, 11) is 0. The molecule has 4 saturated carbocycles. The maximum absolute atomic E-state index is 13.5. The standard InChI is InChI=1S/C23H34O7/c1-12(24)29-14-7-10-22(4)16-8-9-21(3)15(5-6-17(21)30-13(2)25)18(16)19(26)20(27)23(22,28)11-14/h14-18,20,27-28H,5-11H2,1-4H3/t14-,15-,16-,17-,18-,20-,21-,22+,23-/m0/s1. The van der Waals surface area contributed by atoms with Crippen LogP contribution in [0, 0.1) is 28.6 Å². The predicted octanol–water partition coefficient (Wildman–Crippen LogP) is 2.16. The van der Waals surface area contributed by atoms with Gasteiger partial charge in [0.15, 0.2) is 5.78 Å². The lowest BCUT2D eigenvalue weighted by molar-refractivity contribution is -0.252. The van der Waals surface area contributed by atoms with E-state index in [1.54, 1.807) is 0 Å². The first-order valence-electron chi connectivity index (χ1n) is 11.2. The Labute approximate surface area is 177 Å². The Morgan fingerprint density at radius 2 is 1.63 bits per heavy atom. The highest BCUT2D eigenvalue weighted by Crippen LogP contribution is 2.66. The molecule has 30 heavy (non-hydrogen) atoms. The molecule has 4 aliphatic carbocycles. The molecule has 9 atom stereocenters. The van der Waals surface area contributed by atoms with E-state index in [1.807, 2.05) is 6.92 Å². The van der Waals surface area contributed by atoms with Gasteiger partial charge in [-0.05, 0) is 50.4 Å². The summed E-state index contributed by atoms with van der Waals surface area (Å²) in [5.41, 5.74) is -2.53. The molecule has 2 N–H and O–H groups in total. The molecule has 0 aromatic heterocycles. The highest BCUT2D eigenvalue weighted by Gasteiger charge is 2.71. The number of rotatable bonds is 2. The van der Waals surface area contributed by atoms with E-state index in [1.165, 1.54) is 13.8 Å². The molecule has 7 nitrogen and oxygen atoms in total. The van der Waals surface area contributed by atoms with E-state index in [4.69, 9.17) is 9.47 Å². The van der Waals surface area contributed by atoms with Crippen LogP contribution in [0.4, 0.5) is 0 Å². The van der Waals surface area contributed by atoms with Gasteiger partial charge in [-0.2, -0.15) is 0 Å². The first kappa shape index (κ1) is 21.8. The zero-order valence-electron chi connectivity index (χ0n) is 18.3. The van der Waals surface area contributed by atoms with E-state index < -0.39 is 29.2 Å². The van der Waals surface area contributed by atoms with Gasteiger partial charge in [-0.1, -0.05) is 13.8 Å². The topological polar surface area (TPSA) is 110 Å². The number of hydrogen-bond acceptors (Lipinski definition) is 7. The van der Waals surface area contributed by atoms with Crippen LogP contribution in [0.1, 0.15) is 72.6 Å². The zero-order valence-corrected chi connectivity index (χ0v) is 18.3.